The summed E-state index contributed by atoms with van der Waals surface area (Å²) in [6.07, 6.45) is -1.03. The number of aryl methyl sites for hydroxylation is 1. The van der Waals surface area contributed by atoms with Crippen molar-refractivity contribution in [1.82, 2.24) is 9.97 Å². The van der Waals surface area contributed by atoms with E-state index >= 15 is 0 Å². The van der Waals surface area contributed by atoms with Crippen LogP contribution in [0.1, 0.15) is 5.56 Å². The molecule has 0 aromatic carbocycles. The highest BCUT2D eigenvalue weighted by molar-refractivity contribution is 5.47. The van der Waals surface area contributed by atoms with Crippen molar-refractivity contribution in [3.63, 3.8) is 0 Å². The molecule has 0 saturated carbocycles. The fourth-order valence-corrected chi connectivity index (χ4v) is 1.34. The van der Waals surface area contributed by atoms with Crippen LogP contribution in [0.25, 0.3) is 0 Å². The maximum absolute atomic E-state index is 12.3. The van der Waals surface area contributed by atoms with E-state index < -0.39 is 13.0 Å². The number of aliphatic hydroxyl groups is 1. The third-order valence-corrected chi connectivity index (χ3v) is 1.99. The maximum atomic E-state index is 12.3. The lowest BCUT2D eigenvalue weighted by atomic mass is 10.3. The number of aromatic nitrogens is 2. The number of rotatable bonds is 5. The third-order valence-electron chi connectivity index (χ3n) is 1.99. The molecule has 1 aromatic rings. The van der Waals surface area contributed by atoms with Gasteiger partial charge in [0.1, 0.15) is 5.82 Å². The number of nitrogens with two attached hydrogens (primary N) is 1. The van der Waals surface area contributed by atoms with Crippen LogP contribution in [-0.4, -0.2) is 41.2 Å². The molecule has 0 saturated heterocycles. The molecule has 0 bridgehead atoms. The van der Waals surface area contributed by atoms with E-state index in [0.29, 0.717) is 11.4 Å². The molecule has 1 rings (SSSR count). The van der Waals surface area contributed by atoms with Gasteiger partial charge < -0.3 is 15.7 Å². The second-order valence-electron chi connectivity index (χ2n) is 3.30. The highest BCUT2D eigenvalue weighted by Crippen LogP contribution is 2.17. The lowest BCUT2D eigenvalue weighted by molar-refractivity contribution is 0.152. The smallest absolute Gasteiger partial charge is 0.255 e. The standard InChI is InChI=1S/C9H14F2N4O/c1-6-4-13-9(12)14-8(6)15(2-3-16)5-7(10)11/h4,7,16H,2-3,5H2,1H3,(H2,12,13,14). The molecule has 3 N–H and O–H groups in total. The summed E-state index contributed by atoms with van der Waals surface area (Å²) in [5.41, 5.74) is 6.04. The number of nitrogens with zero attached hydrogens (tertiary/aromatic N) is 3. The van der Waals surface area contributed by atoms with Crippen molar-refractivity contribution < 1.29 is 13.9 Å². The van der Waals surface area contributed by atoms with Crippen LogP contribution in [0.5, 0.6) is 0 Å². The Hall–Kier alpha value is -1.50. The highest BCUT2D eigenvalue weighted by atomic mass is 19.3. The van der Waals surface area contributed by atoms with Crippen molar-refractivity contribution in [1.29, 1.82) is 0 Å². The number of anilines is 2. The van der Waals surface area contributed by atoms with Crippen LogP contribution < -0.4 is 10.6 Å². The molecule has 90 valence electrons. The first-order valence-electron chi connectivity index (χ1n) is 4.77. The van der Waals surface area contributed by atoms with Gasteiger partial charge in [-0.15, -0.1) is 0 Å². The van der Waals surface area contributed by atoms with Crippen LogP contribution in [0.3, 0.4) is 0 Å². The van der Waals surface area contributed by atoms with Crippen molar-refractivity contribution in [2.45, 2.75) is 13.3 Å². The third kappa shape index (κ3) is 3.27. The molecule has 0 unspecified atom stereocenters. The first kappa shape index (κ1) is 12.6. The Morgan fingerprint density at radius 3 is 2.81 bits per heavy atom. The number of aliphatic hydroxyl groups excluding tert-OH is 1. The fraction of sp³-hybridized carbons (Fsp3) is 0.556. The molecule has 0 spiro atoms. The second kappa shape index (κ2) is 5.55. The average molecular weight is 232 g/mol. The lowest BCUT2D eigenvalue weighted by Crippen LogP contribution is -2.33. The molecule has 0 atom stereocenters. The maximum Gasteiger partial charge on any atom is 0.255 e. The lowest BCUT2D eigenvalue weighted by Gasteiger charge is -2.23. The van der Waals surface area contributed by atoms with E-state index in [0.717, 1.165) is 0 Å². The summed E-state index contributed by atoms with van der Waals surface area (Å²) in [5.74, 6) is 0.361. The first-order valence-corrected chi connectivity index (χ1v) is 4.77. The molecule has 0 fully saturated rings. The van der Waals surface area contributed by atoms with E-state index in [2.05, 4.69) is 9.97 Å². The van der Waals surface area contributed by atoms with Crippen molar-refractivity contribution >= 4 is 11.8 Å². The Balaban J connectivity index is 2.94. The summed E-state index contributed by atoms with van der Waals surface area (Å²) in [7, 11) is 0. The van der Waals surface area contributed by atoms with Gasteiger partial charge in [0.15, 0.2) is 0 Å². The van der Waals surface area contributed by atoms with Gasteiger partial charge in [-0.3, -0.25) is 0 Å². The Labute approximate surface area is 91.9 Å². The quantitative estimate of drug-likeness (QED) is 0.770. The van der Waals surface area contributed by atoms with Crippen molar-refractivity contribution in [3.8, 4) is 0 Å². The van der Waals surface area contributed by atoms with E-state index in [1.54, 1.807) is 6.92 Å². The Morgan fingerprint density at radius 1 is 1.56 bits per heavy atom. The minimum absolute atomic E-state index is 0.0257. The van der Waals surface area contributed by atoms with E-state index in [9.17, 15) is 8.78 Å². The predicted molar refractivity (Wildman–Crippen MR) is 56.5 cm³/mol. The zero-order chi connectivity index (χ0) is 12.1. The molecule has 16 heavy (non-hydrogen) atoms. The van der Waals surface area contributed by atoms with Crippen molar-refractivity contribution in [3.05, 3.63) is 11.8 Å². The topological polar surface area (TPSA) is 75.3 Å². The van der Waals surface area contributed by atoms with Crippen LogP contribution in [0, 0.1) is 6.92 Å². The van der Waals surface area contributed by atoms with Gasteiger partial charge in [-0.05, 0) is 6.92 Å². The van der Waals surface area contributed by atoms with E-state index in [1.807, 2.05) is 0 Å². The summed E-state index contributed by atoms with van der Waals surface area (Å²) in [4.78, 5) is 8.93. The monoisotopic (exact) mass is 232 g/mol. The highest BCUT2D eigenvalue weighted by Gasteiger charge is 2.16. The molecule has 5 nitrogen and oxygen atoms in total. The van der Waals surface area contributed by atoms with Gasteiger partial charge in [-0.1, -0.05) is 0 Å². The normalized spacial score (nSPS) is 10.8. The number of halogens is 2. The van der Waals surface area contributed by atoms with Crippen LogP contribution >= 0.6 is 0 Å². The van der Waals surface area contributed by atoms with Crippen LogP contribution in [0.2, 0.25) is 0 Å². The number of alkyl halides is 2. The summed E-state index contributed by atoms with van der Waals surface area (Å²) in [6, 6.07) is 0. The predicted octanol–water partition coefficient (Wildman–Crippen LogP) is 0.431. The minimum Gasteiger partial charge on any atom is -0.395 e. The SMILES string of the molecule is Cc1cnc(N)nc1N(CCO)CC(F)F. The van der Waals surface area contributed by atoms with Gasteiger partial charge in [0.2, 0.25) is 5.95 Å². The molecule has 1 aromatic heterocycles. The zero-order valence-electron chi connectivity index (χ0n) is 8.90. The van der Waals surface area contributed by atoms with E-state index in [-0.39, 0.29) is 19.1 Å². The molecular formula is C9H14F2N4O. The fourth-order valence-electron chi connectivity index (χ4n) is 1.34. The molecule has 0 aliphatic rings. The van der Waals surface area contributed by atoms with Gasteiger partial charge in [0.05, 0.1) is 13.2 Å². The molecule has 0 aliphatic carbocycles. The molecule has 0 aliphatic heterocycles. The zero-order valence-corrected chi connectivity index (χ0v) is 8.90. The summed E-state index contributed by atoms with van der Waals surface area (Å²) < 4.78 is 24.7. The summed E-state index contributed by atoms with van der Waals surface area (Å²) in [6.45, 7) is 1.07. The van der Waals surface area contributed by atoms with Gasteiger partial charge >= 0.3 is 0 Å². The average Bonchev–Trinajstić information content (AvgIpc) is 2.20. The molecule has 0 radical (unpaired) electrons. The van der Waals surface area contributed by atoms with Crippen LogP contribution in [0.4, 0.5) is 20.5 Å². The van der Waals surface area contributed by atoms with Gasteiger partial charge in [0, 0.05) is 18.3 Å². The number of hydrogen-bond donors (Lipinski definition) is 2. The van der Waals surface area contributed by atoms with Gasteiger partial charge in [0.25, 0.3) is 6.43 Å². The molecule has 1 heterocycles. The minimum atomic E-state index is -2.50. The Bertz CT molecular complexity index is 348. The molecular weight excluding hydrogens is 218 g/mol. The van der Waals surface area contributed by atoms with E-state index in [4.69, 9.17) is 10.8 Å². The summed E-state index contributed by atoms with van der Waals surface area (Å²) >= 11 is 0. The Kier molecular flexibility index (Phi) is 4.36. The molecule has 7 heteroatoms. The number of nitrogen functional groups attached to an aromatic ring is 1. The second-order valence-corrected chi connectivity index (χ2v) is 3.30. The van der Waals surface area contributed by atoms with Crippen LogP contribution in [-0.2, 0) is 0 Å². The largest absolute Gasteiger partial charge is 0.395 e. The molecule has 0 amide bonds. The van der Waals surface area contributed by atoms with Gasteiger partial charge in [-0.25, -0.2) is 13.8 Å². The number of hydrogen-bond acceptors (Lipinski definition) is 5. The first-order chi connectivity index (χ1) is 7.54. The van der Waals surface area contributed by atoms with Crippen molar-refractivity contribution in [2.75, 3.05) is 30.3 Å². The van der Waals surface area contributed by atoms with E-state index in [1.165, 1.54) is 11.1 Å². The van der Waals surface area contributed by atoms with Crippen molar-refractivity contribution in [2.24, 2.45) is 0 Å². The van der Waals surface area contributed by atoms with Crippen LogP contribution in [0.15, 0.2) is 6.20 Å². The van der Waals surface area contributed by atoms with Gasteiger partial charge in [-0.2, -0.15) is 4.98 Å². The Morgan fingerprint density at radius 2 is 2.25 bits per heavy atom. The summed E-state index contributed by atoms with van der Waals surface area (Å²) in [5, 5.41) is 8.81.